The highest BCUT2D eigenvalue weighted by Gasteiger charge is 2.18. The van der Waals surface area contributed by atoms with E-state index in [-0.39, 0.29) is 29.7 Å². The van der Waals surface area contributed by atoms with E-state index in [1.807, 2.05) is 103 Å². The molecule has 1 heterocycles. The molecule has 1 heteroatoms. The minimum absolute atomic E-state index is 0.0340. The van der Waals surface area contributed by atoms with Crippen molar-refractivity contribution in [1.82, 2.24) is 0 Å². The Labute approximate surface area is 267 Å². The molecular weight excluding hydrogens is 544 g/mol. The normalized spacial score (nSPS) is 12.8. The molecule has 0 saturated carbocycles. The molecule has 0 aliphatic heterocycles. The van der Waals surface area contributed by atoms with Gasteiger partial charge in [-0.3, -0.25) is 0 Å². The quantitative estimate of drug-likeness (QED) is 0.190. The number of furan rings is 1. The standard InChI is InChI=1S/C44H28O/c1-3-13-29(14-4-1)31-25-26-41-40(28-31)39-24-12-23-34(44(39)45-41)32-17-11-18-33(27-32)43-37-21-9-7-19-35(37)42(30-15-5-2-6-16-30)36-20-8-10-22-38(36)43/h1-28H/i11D,17D,18D,27D. The summed E-state index contributed by atoms with van der Waals surface area (Å²) in [6.45, 7) is 0. The van der Waals surface area contributed by atoms with Crippen LogP contribution in [0, 0.1) is 0 Å². The predicted octanol–water partition coefficient (Wildman–Crippen LogP) is 12.6. The van der Waals surface area contributed by atoms with Crippen molar-refractivity contribution in [3.63, 3.8) is 0 Å². The Hall–Kier alpha value is -5.92. The fraction of sp³-hybridized carbons (Fsp3) is 0. The molecule has 0 amide bonds. The smallest absolute Gasteiger partial charge is 0.143 e. The maximum absolute atomic E-state index is 9.76. The van der Waals surface area contributed by atoms with E-state index in [2.05, 4.69) is 42.5 Å². The summed E-state index contributed by atoms with van der Waals surface area (Å²) in [7, 11) is 0. The zero-order valence-electron chi connectivity index (χ0n) is 28.3. The first-order valence-corrected chi connectivity index (χ1v) is 15.1. The molecule has 0 unspecified atom stereocenters. The van der Waals surface area contributed by atoms with Gasteiger partial charge in [-0.1, -0.05) is 152 Å². The SMILES string of the molecule is [2H]c1c([2H])c(-c2c3ccccc3c(-c3ccccc3)c3ccccc23)c([2H])c(-c2cccc3c2oc2ccc(-c4ccccc4)cc23)c1[2H]. The molecule has 0 fully saturated rings. The molecule has 9 aromatic rings. The van der Waals surface area contributed by atoms with Crippen LogP contribution in [0.3, 0.4) is 0 Å². The largest absolute Gasteiger partial charge is 0.455 e. The van der Waals surface area contributed by atoms with Gasteiger partial charge in [0.05, 0.1) is 5.48 Å². The minimum atomic E-state index is -0.222. The molecule has 0 N–H and O–H groups in total. The Morgan fingerprint density at radius 3 is 1.62 bits per heavy atom. The van der Waals surface area contributed by atoms with Crippen molar-refractivity contribution in [2.24, 2.45) is 0 Å². The molecule has 0 aliphatic rings. The topological polar surface area (TPSA) is 13.1 Å². The zero-order chi connectivity index (χ0) is 33.2. The minimum Gasteiger partial charge on any atom is -0.455 e. The highest BCUT2D eigenvalue weighted by Crippen LogP contribution is 2.45. The summed E-state index contributed by atoms with van der Waals surface area (Å²) in [5, 5.41) is 5.58. The van der Waals surface area contributed by atoms with Crippen LogP contribution < -0.4 is 0 Å². The van der Waals surface area contributed by atoms with E-state index in [1.165, 1.54) is 0 Å². The third kappa shape index (κ3) is 4.17. The van der Waals surface area contributed by atoms with Gasteiger partial charge in [-0.2, -0.15) is 0 Å². The van der Waals surface area contributed by atoms with Crippen molar-refractivity contribution < 1.29 is 9.90 Å². The Morgan fingerprint density at radius 2 is 0.956 bits per heavy atom. The van der Waals surface area contributed by atoms with Crippen molar-refractivity contribution in [2.75, 3.05) is 0 Å². The van der Waals surface area contributed by atoms with Crippen LogP contribution in [0.25, 0.3) is 88.0 Å². The molecule has 0 atom stereocenters. The van der Waals surface area contributed by atoms with Crippen LogP contribution in [0.15, 0.2) is 174 Å². The monoisotopic (exact) mass is 576 g/mol. The summed E-state index contributed by atoms with van der Waals surface area (Å²) in [4.78, 5) is 0. The summed E-state index contributed by atoms with van der Waals surface area (Å²) in [6.07, 6.45) is 0. The van der Waals surface area contributed by atoms with Crippen molar-refractivity contribution in [3.05, 3.63) is 170 Å². The average molecular weight is 577 g/mol. The van der Waals surface area contributed by atoms with E-state index in [4.69, 9.17) is 7.16 Å². The lowest BCUT2D eigenvalue weighted by Crippen LogP contribution is -1.91. The van der Waals surface area contributed by atoms with E-state index in [0.29, 0.717) is 22.3 Å². The molecule has 1 nitrogen and oxygen atoms in total. The first-order chi connectivity index (χ1) is 24.0. The lowest BCUT2D eigenvalue weighted by Gasteiger charge is -2.18. The van der Waals surface area contributed by atoms with E-state index in [9.17, 15) is 2.74 Å². The summed E-state index contributed by atoms with van der Waals surface area (Å²) in [5.41, 5.74) is 7.49. The lowest BCUT2D eigenvalue weighted by molar-refractivity contribution is 0.670. The van der Waals surface area contributed by atoms with Gasteiger partial charge in [-0.05, 0) is 78.7 Å². The summed E-state index contributed by atoms with van der Waals surface area (Å²) in [5.74, 6) is 0. The highest BCUT2D eigenvalue weighted by atomic mass is 16.3. The van der Waals surface area contributed by atoms with Crippen LogP contribution in [0.4, 0.5) is 0 Å². The molecular formula is C44H28O. The van der Waals surface area contributed by atoms with Crippen molar-refractivity contribution in [3.8, 4) is 44.5 Å². The molecule has 0 bridgehead atoms. The number of benzene rings is 8. The Bertz CT molecular complexity index is 2690. The molecule has 0 spiro atoms. The van der Waals surface area contributed by atoms with Gasteiger partial charge in [0.2, 0.25) is 0 Å². The molecule has 0 saturated heterocycles. The lowest BCUT2D eigenvalue weighted by atomic mass is 9.85. The maximum atomic E-state index is 9.76. The fourth-order valence-corrected chi connectivity index (χ4v) is 6.72. The Kier molecular flexibility index (Phi) is 5.00. The molecule has 210 valence electrons. The molecule has 0 aliphatic carbocycles. The summed E-state index contributed by atoms with van der Waals surface area (Å²) >= 11 is 0. The van der Waals surface area contributed by atoms with Crippen molar-refractivity contribution in [2.45, 2.75) is 0 Å². The second-order valence-corrected chi connectivity index (χ2v) is 11.3. The van der Waals surface area contributed by atoms with Gasteiger partial charge in [-0.15, -0.1) is 0 Å². The molecule has 8 aromatic carbocycles. The Morgan fingerprint density at radius 1 is 0.400 bits per heavy atom. The van der Waals surface area contributed by atoms with E-state index in [0.717, 1.165) is 60.1 Å². The van der Waals surface area contributed by atoms with Crippen LogP contribution in [0.5, 0.6) is 0 Å². The van der Waals surface area contributed by atoms with Crippen LogP contribution in [-0.2, 0) is 0 Å². The van der Waals surface area contributed by atoms with Gasteiger partial charge < -0.3 is 4.42 Å². The number of hydrogen-bond acceptors (Lipinski definition) is 1. The van der Waals surface area contributed by atoms with Gasteiger partial charge in [0.25, 0.3) is 0 Å². The average Bonchev–Trinajstić information content (AvgIpc) is 3.53. The van der Waals surface area contributed by atoms with Crippen LogP contribution in [0.2, 0.25) is 0 Å². The van der Waals surface area contributed by atoms with E-state index in [1.54, 1.807) is 0 Å². The fourth-order valence-electron chi connectivity index (χ4n) is 6.72. The molecule has 45 heavy (non-hydrogen) atoms. The van der Waals surface area contributed by atoms with Gasteiger partial charge in [-0.25, -0.2) is 0 Å². The second kappa shape index (κ2) is 10.4. The number of fused-ring (bicyclic) bond motifs is 5. The first-order valence-electron chi connectivity index (χ1n) is 17.1. The van der Waals surface area contributed by atoms with Crippen molar-refractivity contribution in [1.29, 1.82) is 0 Å². The van der Waals surface area contributed by atoms with Gasteiger partial charge in [0, 0.05) is 16.3 Å². The maximum Gasteiger partial charge on any atom is 0.143 e. The number of rotatable bonds is 4. The third-order valence-corrected chi connectivity index (χ3v) is 8.74. The molecule has 1 aromatic heterocycles. The van der Waals surface area contributed by atoms with E-state index < -0.39 is 0 Å². The van der Waals surface area contributed by atoms with E-state index >= 15 is 0 Å². The van der Waals surface area contributed by atoms with Crippen LogP contribution in [-0.4, -0.2) is 0 Å². The third-order valence-electron chi connectivity index (χ3n) is 8.74. The molecule has 0 radical (unpaired) electrons. The van der Waals surface area contributed by atoms with Crippen LogP contribution >= 0.6 is 0 Å². The molecule has 9 rings (SSSR count). The van der Waals surface area contributed by atoms with Gasteiger partial charge >= 0.3 is 0 Å². The summed E-state index contributed by atoms with van der Waals surface area (Å²) in [6, 6.07) is 48.1. The highest BCUT2D eigenvalue weighted by molar-refractivity contribution is 6.21. The first kappa shape index (κ1) is 21.7. The second-order valence-electron chi connectivity index (χ2n) is 11.3. The zero-order valence-corrected chi connectivity index (χ0v) is 24.3. The number of hydrogen-bond donors (Lipinski definition) is 0. The predicted molar refractivity (Wildman–Crippen MR) is 190 cm³/mol. The van der Waals surface area contributed by atoms with Gasteiger partial charge in [0.1, 0.15) is 11.2 Å². The summed E-state index contributed by atoms with van der Waals surface area (Å²) < 4.78 is 43.7. The van der Waals surface area contributed by atoms with Crippen LogP contribution in [0.1, 0.15) is 5.48 Å². The number of para-hydroxylation sites is 1. The Balaban J connectivity index is 1.35. The van der Waals surface area contributed by atoms with Gasteiger partial charge in [0.15, 0.2) is 0 Å². The van der Waals surface area contributed by atoms with Crippen molar-refractivity contribution >= 4 is 43.5 Å².